The molecule has 1 N–H and O–H groups in total. The molecule has 3 aromatic rings. The van der Waals surface area contributed by atoms with E-state index >= 15 is 0 Å². The van der Waals surface area contributed by atoms with Gasteiger partial charge < -0.3 is 14.8 Å². The van der Waals surface area contributed by atoms with Crippen LogP contribution in [0.1, 0.15) is 11.1 Å². The van der Waals surface area contributed by atoms with E-state index in [9.17, 15) is 13.2 Å². The van der Waals surface area contributed by atoms with Crippen LogP contribution in [0.5, 0.6) is 11.5 Å². The van der Waals surface area contributed by atoms with E-state index < -0.39 is 22.0 Å². The van der Waals surface area contributed by atoms with Crippen molar-refractivity contribution in [3.8, 4) is 11.5 Å². The molecule has 0 unspecified atom stereocenters. The number of nitrogens with one attached hydrogen (secondary N) is 1. The van der Waals surface area contributed by atoms with Gasteiger partial charge in [-0.1, -0.05) is 41.9 Å². The van der Waals surface area contributed by atoms with Crippen molar-refractivity contribution in [2.45, 2.75) is 24.8 Å². The summed E-state index contributed by atoms with van der Waals surface area (Å²) in [5.74, 6) is 0.519. The van der Waals surface area contributed by atoms with Gasteiger partial charge in [0.25, 0.3) is 15.9 Å². The minimum Gasteiger partial charge on any atom is -0.492 e. The molecule has 0 saturated heterocycles. The first-order chi connectivity index (χ1) is 16.3. The first kappa shape index (κ1) is 23.9. The van der Waals surface area contributed by atoms with Crippen LogP contribution in [0.15, 0.2) is 71.6 Å². The highest BCUT2D eigenvalue weighted by atomic mass is 35.5. The van der Waals surface area contributed by atoms with Crippen LogP contribution in [0, 0.1) is 13.8 Å². The van der Waals surface area contributed by atoms with E-state index in [1.54, 1.807) is 42.5 Å². The Labute approximate surface area is 204 Å². The van der Waals surface area contributed by atoms with Gasteiger partial charge in [0.2, 0.25) is 0 Å². The first-order valence-electron chi connectivity index (χ1n) is 10.8. The summed E-state index contributed by atoms with van der Waals surface area (Å²) in [5.41, 5.74) is 2.24. The molecule has 0 spiro atoms. The molecule has 178 valence electrons. The Morgan fingerprint density at radius 1 is 1.12 bits per heavy atom. The summed E-state index contributed by atoms with van der Waals surface area (Å²) in [6.45, 7) is 4.07. The number of anilines is 1. The number of rotatable bonds is 7. The third-order valence-electron chi connectivity index (χ3n) is 5.42. The number of amides is 1. The summed E-state index contributed by atoms with van der Waals surface area (Å²) in [6, 6.07) is 18.7. The molecule has 1 aliphatic rings. The zero-order valence-electron chi connectivity index (χ0n) is 18.8. The van der Waals surface area contributed by atoms with E-state index in [2.05, 4.69) is 5.32 Å². The highest BCUT2D eigenvalue weighted by Gasteiger charge is 2.37. The molecule has 1 atom stereocenters. The van der Waals surface area contributed by atoms with Crippen LogP contribution >= 0.6 is 11.6 Å². The largest absolute Gasteiger partial charge is 0.492 e. The SMILES string of the molecule is Cc1ccc2c(c1)O[C@@H](C(=O)NCCOc1ccc(C)c(Cl)c1)CN2S(=O)(=O)c1ccccc1. The summed E-state index contributed by atoms with van der Waals surface area (Å²) >= 11 is 6.11. The predicted octanol–water partition coefficient (Wildman–Crippen LogP) is 4.11. The number of benzene rings is 3. The standard InChI is InChI=1S/C25H25ClN2O5S/c1-17-8-11-22-23(14-17)33-24(16-28(22)34(30,31)20-6-4-3-5-7-20)25(29)27-12-13-32-19-10-9-18(2)21(26)15-19/h3-11,14-15,24H,12-13,16H2,1-2H3,(H,27,29)/t24-/m1/s1. The van der Waals surface area contributed by atoms with Gasteiger partial charge in [0.05, 0.1) is 23.7 Å². The van der Waals surface area contributed by atoms with Crippen molar-refractivity contribution in [1.29, 1.82) is 0 Å². The molecule has 34 heavy (non-hydrogen) atoms. The fourth-order valence-corrected chi connectivity index (χ4v) is 5.23. The molecular weight excluding hydrogens is 476 g/mol. The topological polar surface area (TPSA) is 84.9 Å². The van der Waals surface area contributed by atoms with Crippen LogP contribution in [-0.4, -0.2) is 40.1 Å². The van der Waals surface area contributed by atoms with Crippen LogP contribution in [0.25, 0.3) is 0 Å². The number of fused-ring (bicyclic) bond motifs is 1. The van der Waals surface area contributed by atoms with E-state index in [0.29, 0.717) is 22.2 Å². The Hall–Kier alpha value is -3.23. The second-order valence-corrected chi connectivity index (χ2v) is 10.2. The van der Waals surface area contributed by atoms with Crippen molar-refractivity contribution in [2.75, 3.05) is 24.0 Å². The van der Waals surface area contributed by atoms with Crippen LogP contribution in [0.3, 0.4) is 0 Å². The average Bonchev–Trinajstić information content (AvgIpc) is 2.83. The maximum absolute atomic E-state index is 13.4. The smallest absolute Gasteiger partial charge is 0.264 e. The number of nitrogens with zero attached hydrogens (tertiary/aromatic N) is 1. The number of hydrogen-bond donors (Lipinski definition) is 1. The molecule has 3 aromatic carbocycles. The molecular formula is C25H25ClN2O5S. The summed E-state index contributed by atoms with van der Waals surface area (Å²) in [5, 5.41) is 3.37. The van der Waals surface area contributed by atoms with Gasteiger partial charge in [-0.25, -0.2) is 8.42 Å². The molecule has 1 heterocycles. The minimum atomic E-state index is -3.89. The van der Waals surface area contributed by atoms with Gasteiger partial charge in [0.15, 0.2) is 6.10 Å². The van der Waals surface area contributed by atoms with Gasteiger partial charge in [-0.2, -0.15) is 0 Å². The van der Waals surface area contributed by atoms with E-state index in [0.717, 1.165) is 11.1 Å². The van der Waals surface area contributed by atoms with Crippen LogP contribution in [-0.2, 0) is 14.8 Å². The van der Waals surface area contributed by atoms with Gasteiger partial charge in [0.1, 0.15) is 18.1 Å². The highest BCUT2D eigenvalue weighted by Crippen LogP contribution is 2.37. The van der Waals surface area contributed by atoms with Gasteiger partial charge in [-0.05, 0) is 61.4 Å². The highest BCUT2D eigenvalue weighted by molar-refractivity contribution is 7.92. The lowest BCUT2D eigenvalue weighted by Gasteiger charge is -2.35. The van der Waals surface area contributed by atoms with Crippen LogP contribution in [0.2, 0.25) is 5.02 Å². The molecule has 0 bridgehead atoms. The van der Waals surface area contributed by atoms with Crippen LogP contribution < -0.4 is 19.1 Å². The van der Waals surface area contributed by atoms with Crippen molar-refractivity contribution >= 4 is 33.2 Å². The second-order valence-electron chi connectivity index (χ2n) is 7.98. The molecule has 9 heteroatoms. The summed E-state index contributed by atoms with van der Waals surface area (Å²) in [7, 11) is -3.89. The molecule has 1 aliphatic heterocycles. The van der Waals surface area contributed by atoms with Crippen molar-refractivity contribution in [3.05, 3.63) is 82.9 Å². The predicted molar refractivity (Wildman–Crippen MR) is 131 cm³/mol. The Bertz CT molecular complexity index is 1300. The number of hydrogen-bond acceptors (Lipinski definition) is 5. The Morgan fingerprint density at radius 2 is 1.88 bits per heavy atom. The Kier molecular flexibility index (Phi) is 7.00. The zero-order valence-corrected chi connectivity index (χ0v) is 20.4. The van der Waals surface area contributed by atoms with Gasteiger partial charge >= 0.3 is 0 Å². The quantitative estimate of drug-likeness (QED) is 0.493. The lowest BCUT2D eigenvalue weighted by Crippen LogP contribution is -2.51. The average molecular weight is 501 g/mol. The van der Waals surface area contributed by atoms with Gasteiger partial charge in [-0.15, -0.1) is 0 Å². The maximum Gasteiger partial charge on any atom is 0.264 e. The number of carbonyl (C=O) groups excluding carboxylic acids is 1. The summed E-state index contributed by atoms with van der Waals surface area (Å²) < 4.78 is 39.5. The molecule has 1 amide bonds. The minimum absolute atomic E-state index is 0.145. The molecule has 0 saturated carbocycles. The monoisotopic (exact) mass is 500 g/mol. The van der Waals surface area contributed by atoms with E-state index in [1.165, 1.54) is 16.4 Å². The van der Waals surface area contributed by atoms with Gasteiger partial charge in [0, 0.05) is 5.02 Å². The van der Waals surface area contributed by atoms with Crippen molar-refractivity contribution < 1.29 is 22.7 Å². The second kappa shape index (κ2) is 9.95. The molecule has 0 fully saturated rings. The number of carbonyl (C=O) groups is 1. The first-order valence-corrected chi connectivity index (χ1v) is 12.6. The van der Waals surface area contributed by atoms with E-state index in [4.69, 9.17) is 21.1 Å². The van der Waals surface area contributed by atoms with Crippen molar-refractivity contribution in [2.24, 2.45) is 0 Å². The van der Waals surface area contributed by atoms with Crippen molar-refractivity contribution in [3.63, 3.8) is 0 Å². The Balaban J connectivity index is 1.47. The molecule has 7 nitrogen and oxygen atoms in total. The third-order valence-corrected chi connectivity index (χ3v) is 7.62. The Morgan fingerprint density at radius 3 is 2.62 bits per heavy atom. The van der Waals surface area contributed by atoms with E-state index in [1.807, 2.05) is 26.0 Å². The maximum atomic E-state index is 13.4. The number of aryl methyl sites for hydroxylation is 2. The van der Waals surface area contributed by atoms with E-state index in [-0.39, 0.29) is 24.6 Å². The number of sulfonamides is 1. The normalized spacial score (nSPS) is 15.3. The lowest BCUT2D eigenvalue weighted by molar-refractivity contribution is -0.127. The summed E-state index contributed by atoms with van der Waals surface area (Å²) in [4.78, 5) is 13.0. The van der Waals surface area contributed by atoms with Crippen molar-refractivity contribution in [1.82, 2.24) is 5.32 Å². The molecule has 0 aliphatic carbocycles. The fraction of sp³-hybridized carbons (Fsp3) is 0.240. The number of ether oxygens (including phenoxy) is 2. The van der Waals surface area contributed by atoms with Crippen LogP contribution in [0.4, 0.5) is 5.69 Å². The van der Waals surface area contributed by atoms with Gasteiger partial charge in [-0.3, -0.25) is 9.10 Å². The zero-order chi connectivity index (χ0) is 24.3. The summed E-state index contributed by atoms with van der Waals surface area (Å²) in [6.07, 6.45) is -1.01. The third kappa shape index (κ3) is 5.13. The molecule has 4 rings (SSSR count). The molecule has 0 radical (unpaired) electrons. The lowest BCUT2D eigenvalue weighted by atomic mass is 10.1. The number of halogens is 1. The molecule has 0 aromatic heterocycles. The fourth-order valence-electron chi connectivity index (χ4n) is 3.57.